The van der Waals surface area contributed by atoms with Gasteiger partial charge in [-0.05, 0) is 44.0 Å². The van der Waals surface area contributed by atoms with Crippen LogP contribution in [0.25, 0.3) is 0 Å². The second-order valence-electron chi connectivity index (χ2n) is 4.21. The van der Waals surface area contributed by atoms with E-state index in [1.54, 1.807) is 31.2 Å². The van der Waals surface area contributed by atoms with Crippen molar-refractivity contribution in [2.24, 2.45) is 5.92 Å². The van der Waals surface area contributed by atoms with Gasteiger partial charge in [-0.3, -0.25) is 14.4 Å². The van der Waals surface area contributed by atoms with Crippen LogP contribution >= 0.6 is 0 Å². The van der Waals surface area contributed by atoms with E-state index in [4.69, 9.17) is 4.84 Å². The van der Waals surface area contributed by atoms with Gasteiger partial charge in [0.25, 0.3) is 5.91 Å². The highest BCUT2D eigenvalue weighted by molar-refractivity contribution is 5.96. The molecule has 18 heavy (non-hydrogen) atoms. The number of amides is 2. The molecule has 1 aliphatic rings. The first-order chi connectivity index (χ1) is 8.70. The van der Waals surface area contributed by atoms with Crippen molar-refractivity contribution in [3.05, 3.63) is 29.8 Å². The molecule has 0 atom stereocenters. The van der Waals surface area contributed by atoms with Gasteiger partial charge in [0.1, 0.15) is 0 Å². The normalized spacial score (nSPS) is 14.1. The third-order valence-corrected chi connectivity index (χ3v) is 2.67. The molecular formula is C13H16N2O3. The van der Waals surface area contributed by atoms with E-state index in [1.165, 1.54) is 0 Å². The Morgan fingerprint density at radius 1 is 1.28 bits per heavy atom. The highest BCUT2D eigenvalue weighted by Crippen LogP contribution is 2.30. The van der Waals surface area contributed by atoms with E-state index >= 15 is 0 Å². The average Bonchev–Trinajstić information content (AvgIpc) is 3.21. The van der Waals surface area contributed by atoms with Gasteiger partial charge in [-0.25, -0.2) is 5.48 Å². The molecule has 0 unspecified atom stereocenters. The van der Waals surface area contributed by atoms with Gasteiger partial charge < -0.3 is 5.32 Å². The largest absolute Gasteiger partial charge is 0.326 e. The standard InChI is InChI=1S/C13H16N2O3/c1-2-18-15-13(17)10-5-7-11(8-6-10)14-12(16)9-3-4-9/h5-9H,2-4H2,1H3,(H,14,16)(H,15,17). The summed E-state index contributed by atoms with van der Waals surface area (Å²) in [5.41, 5.74) is 3.51. The molecule has 2 rings (SSSR count). The number of hydrogen-bond donors (Lipinski definition) is 2. The summed E-state index contributed by atoms with van der Waals surface area (Å²) in [6.07, 6.45) is 1.95. The fourth-order valence-corrected chi connectivity index (χ4v) is 1.49. The summed E-state index contributed by atoms with van der Waals surface area (Å²) in [5, 5.41) is 2.81. The van der Waals surface area contributed by atoms with Crippen LogP contribution in [0.2, 0.25) is 0 Å². The number of anilines is 1. The summed E-state index contributed by atoms with van der Waals surface area (Å²) >= 11 is 0. The van der Waals surface area contributed by atoms with Crippen LogP contribution in [0.4, 0.5) is 5.69 Å². The lowest BCUT2D eigenvalue weighted by molar-refractivity contribution is -0.117. The number of rotatable bonds is 5. The molecule has 1 saturated carbocycles. The van der Waals surface area contributed by atoms with Gasteiger partial charge in [0, 0.05) is 17.2 Å². The highest BCUT2D eigenvalue weighted by atomic mass is 16.6. The second-order valence-corrected chi connectivity index (χ2v) is 4.21. The third kappa shape index (κ3) is 3.30. The first-order valence-electron chi connectivity index (χ1n) is 6.03. The predicted molar refractivity (Wildman–Crippen MR) is 66.9 cm³/mol. The Kier molecular flexibility index (Phi) is 3.94. The predicted octanol–water partition coefficient (Wildman–Crippen LogP) is 1.72. The van der Waals surface area contributed by atoms with E-state index < -0.39 is 0 Å². The Morgan fingerprint density at radius 3 is 2.50 bits per heavy atom. The number of carbonyl (C=O) groups excluding carboxylic acids is 2. The Bertz CT molecular complexity index is 438. The zero-order chi connectivity index (χ0) is 13.0. The molecule has 1 aromatic rings. The lowest BCUT2D eigenvalue weighted by Crippen LogP contribution is -2.23. The van der Waals surface area contributed by atoms with Crippen molar-refractivity contribution in [3.8, 4) is 0 Å². The van der Waals surface area contributed by atoms with Crippen LogP contribution in [0.15, 0.2) is 24.3 Å². The van der Waals surface area contributed by atoms with E-state index in [9.17, 15) is 9.59 Å². The lowest BCUT2D eigenvalue weighted by Gasteiger charge is -2.06. The Hall–Kier alpha value is -1.88. The van der Waals surface area contributed by atoms with E-state index in [1.807, 2.05) is 0 Å². The molecule has 96 valence electrons. The molecule has 2 N–H and O–H groups in total. The minimum atomic E-state index is -0.295. The summed E-state index contributed by atoms with van der Waals surface area (Å²) in [6, 6.07) is 6.72. The summed E-state index contributed by atoms with van der Waals surface area (Å²) in [6.45, 7) is 2.21. The molecule has 5 nitrogen and oxygen atoms in total. The number of benzene rings is 1. The van der Waals surface area contributed by atoms with Gasteiger partial charge in [-0.1, -0.05) is 0 Å². The topological polar surface area (TPSA) is 67.4 Å². The zero-order valence-corrected chi connectivity index (χ0v) is 10.2. The smallest absolute Gasteiger partial charge is 0.274 e. The van der Waals surface area contributed by atoms with Crippen LogP contribution in [0.1, 0.15) is 30.1 Å². The summed E-state index contributed by atoms with van der Waals surface area (Å²) in [7, 11) is 0. The lowest BCUT2D eigenvalue weighted by atomic mass is 10.2. The zero-order valence-electron chi connectivity index (χ0n) is 10.2. The van der Waals surface area contributed by atoms with Gasteiger partial charge >= 0.3 is 0 Å². The van der Waals surface area contributed by atoms with Crippen LogP contribution in [0.5, 0.6) is 0 Å². The average molecular weight is 248 g/mol. The molecule has 5 heteroatoms. The quantitative estimate of drug-likeness (QED) is 0.779. The van der Waals surface area contributed by atoms with Crippen molar-refractivity contribution in [3.63, 3.8) is 0 Å². The number of carbonyl (C=O) groups is 2. The van der Waals surface area contributed by atoms with E-state index in [0.29, 0.717) is 17.9 Å². The Labute approximate surface area is 105 Å². The van der Waals surface area contributed by atoms with Crippen molar-refractivity contribution >= 4 is 17.5 Å². The van der Waals surface area contributed by atoms with E-state index in [2.05, 4.69) is 10.8 Å². The maximum Gasteiger partial charge on any atom is 0.274 e. The summed E-state index contributed by atoms with van der Waals surface area (Å²) in [5.74, 6) is -0.0654. The van der Waals surface area contributed by atoms with Crippen molar-refractivity contribution < 1.29 is 14.4 Å². The molecule has 1 fully saturated rings. The molecular weight excluding hydrogens is 232 g/mol. The van der Waals surface area contributed by atoms with Gasteiger partial charge in [0.15, 0.2) is 0 Å². The first kappa shape index (κ1) is 12.6. The fraction of sp³-hybridized carbons (Fsp3) is 0.385. The highest BCUT2D eigenvalue weighted by Gasteiger charge is 2.29. The van der Waals surface area contributed by atoms with Gasteiger partial charge in [0.2, 0.25) is 5.91 Å². The molecule has 0 aliphatic heterocycles. The Balaban J connectivity index is 1.92. The monoisotopic (exact) mass is 248 g/mol. The number of hydroxylamine groups is 1. The van der Waals surface area contributed by atoms with Gasteiger partial charge in [-0.15, -0.1) is 0 Å². The van der Waals surface area contributed by atoms with Crippen molar-refractivity contribution in [1.82, 2.24) is 5.48 Å². The van der Waals surface area contributed by atoms with E-state index in [-0.39, 0.29) is 17.7 Å². The minimum absolute atomic E-state index is 0.0570. The SMILES string of the molecule is CCONC(=O)c1ccc(NC(=O)C2CC2)cc1. The van der Waals surface area contributed by atoms with Crippen LogP contribution in [0.3, 0.4) is 0 Å². The van der Waals surface area contributed by atoms with Crippen molar-refractivity contribution in [2.45, 2.75) is 19.8 Å². The van der Waals surface area contributed by atoms with Crippen LogP contribution in [0, 0.1) is 5.92 Å². The summed E-state index contributed by atoms with van der Waals surface area (Å²) in [4.78, 5) is 27.9. The third-order valence-electron chi connectivity index (χ3n) is 2.67. The fourth-order valence-electron chi connectivity index (χ4n) is 1.49. The number of nitrogens with one attached hydrogen (secondary N) is 2. The second kappa shape index (κ2) is 5.64. The van der Waals surface area contributed by atoms with Crippen LogP contribution < -0.4 is 10.8 Å². The molecule has 0 radical (unpaired) electrons. The first-order valence-corrected chi connectivity index (χ1v) is 6.03. The minimum Gasteiger partial charge on any atom is -0.326 e. The molecule has 1 aliphatic carbocycles. The maximum atomic E-state index is 11.5. The molecule has 1 aromatic carbocycles. The Morgan fingerprint density at radius 2 is 1.94 bits per heavy atom. The van der Waals surface area contributed by atoms with Crippen molar-refractivity contribution in [1.29, 1.82) is 0 Å². The molecule has 2 amide bonds. The molecule has 0 aromatic heterocycles. The maximum absolute atomic E-state index is 11.5. The van der Waals surface area contributed by atoms with E-state index in [0.717, 1.165) is 12.8 Å². The molecule has 0 bridgehead atoms. The van der Waals surface area contributed by atoms with Gasteiger partial charge in [0.05, 0.1) is 6.61 Å². The van der Waals surface area contributed by atoms with Crippen molar-refractivity contribution in [2.75, 3.05) is 11.9 Å². The van der Waals surface area contributed by atoms with Crippen LogP contribution in [-0.2, 0) is 9.63 Å². The van der Waals surface area contributed by atoms with Crippen LogP contribution in [-0.4, -0.2) is 18.4 Å². The molecule has 0 heterocycles. The molecule has 0 spiro atoms. The number of hydrogen-bond acceptors (Lipinski definition) is 3. The molecule has 0 saturated heterocycles. The van der Waals surface area contributed by atoms with Gasteiger partial charge in [-0.2, -0.15) is 0 Å². The summed E-state index contributed by atoms with van der Waals surface area (Å²) < 4.78 is 0.